The van der Waals surface area contributed by atoms with Crippen LogP contribution in [0, 0.1) is 5.92 Å². The Kier molecular flexibility index (Phi) is 5.98. The molecule has 1 aromatic carbocycles. The molecule has 0 fully saturated rings. The van der Waals surface area contributed by atoms with Crippen LogP contribution < -0.4 is 0 Å². The first-order chi connectivity index (χ1) is 9.25. The zero-order valence-electron chi connectivity index (χ0n) is 14.0. The van der Waals surface area contributed by atoms with Crippen LogP contribution in [0.2, 0.25) is 0 Å². The Labute approximate surface area is 124 Å². The van der Waals surface area contributed by atoms with Crippen LogP contribution in [0.15, 0.2) is 18.2 Å². The van der Waals surface area contributed by atoms with Crippen molar-refractivity contribution in [1.29, 1.82) is 0 Å². The number of hydrogen-bond donors (Lipinski definition) is 0. The van der Waals surface area contributed by atoms with E-state index in [9.17, 15) is 4.79 Å². The van der Waals surface area contributed by atoms with E-state index in [-0.39, 0.29) is 11.3 Å². The highest BCUT2D eigenvalue weighted by molar-refractivity contribution is 5.80. The summed E-state index contributed by atoms with van der Waals surface area (Å²) in [5.41, 5.74) is 4.43. The third-order valence-electron chi connectivity index (χ3n) is 3.97. The molecule has 1 aromatic rings. The highest BCUT2D eigenvalue weighted by Gasteiger charge is 2.15. The highest BCUT2D eigenvalue weighted by atomic mass is 16.1. The molecule has 1 rings (SSSR count). The van der Waals surface area contributed by atoms with Gasteiger partial charge in [0.15, 0.2) is 0 Å². The van der Waals surface area contributed by atoms with Gasteiger partial charge in [0.05, 0.1) is 0 Å². The molecule has 0 saturated heterocycles. The maximum Gasteiger partial charge on any atom is 0.135 e. The minimum atomic E-state index is 0.168. The Morgan fingerprint density at radius 1 is 1.15 bits per heavy atom. The molecular weight excluding hydrogens is 244 g/mol. The van der Waals surface area contributed by atoms with Crippen molar-refractivity contribution in [3.63, 3.8) is 0 Å². The van der Waals surface area contributed by atoms with Gasteiger partial charge in [-0.3, -0.25) is 4.79 Å². The van der Waals surface area contributed by atoms with E-state index < -0.39 is 0 Å². The minimum absolute atomic E-state index is 0.168. The van der Waals surface area contributed by atoms with Gasteiger partial charge in [-0.25, -0.2) is 0 Å². The third kappa shape index (κ3) is 4.77. The Hall–Kier alpha value is -1.11. The van der Waals surface area contributed by atoms with Gasteiger partial charge in [-0.15, -0.1) is 0 Å². The van der Waals surface area contributed by atoms with Crippen LogP contribution >= 0.6 is 0 Å². The molecule has 0 aliphatic carbocycles. The molecule has 0 aliphatic rings. The predicted molar refractivity (Wildman–Crippen MR) is 87.3 cm³/mol. The molecule has 1 heteroatoms. The maximum absolute atomic E-state index is 11.7. The van der Waals surface area contributed by atoms with Crippen LogP contribution in [0.5, 0.6) is 0 Å². The first-order valence-electron chi connectivity index (χ1n) is 7.90. The van der Waals surface area contributed by atoms with Gasteiger partial charge < -0.3 is 0 Å². The van der Waals surface area contributed by atoms with Gasteiger partial charge in [0.25, 0.3) is 0 Å². The molecule has 0 bridgehead atoms. The lowest BCUT2D eigenvalue weighted by Gasteiger charge is -2.21. The van der Waals surface area contributed by atoms with Crippen molar-refractivity contribution in [2.75, 3.05) is 0 Å². The van der Waals surface area contributed by atoms with Crippen molar-refractivity contribution in [3.05, 3.63) is 34.9 Å². The molecule has 0 unspecified atom stereocenters. The van der Waals surface area contributed by atoms with Crippen molar-refractivity contribution in [1.82, 2.24) is 0 Å². The van der Waals surface area contributed by atoms with Crippen LogP contribution in [0.4, 0.5) is 0 Å². The number of aryl methyl sites for hydroxylation is 2. The zero-order valence-corrected chi connectivity index (χ0v) is 14.0. The number of carbonyl (C=O) groups excluding carboxylic acids is 1. The summed E-state index contributed by atoms with van der Waals surface area (Å²) in [7, 11) is 0. The lowest BCUT2D eigenvalue weighted by Crippen LogP contribution is -2.12. The number of Topliss-reactive ketones (excluding diaryl/α,β-unsaturated/α-hetero) is 1. The number of rotatable bonds is 6. The fourth-order valence-electron chi connectivity index (χ4n) is 2.41. The van der Waals surface area contributed by atoms with Gasteiger partial charge in [0, 0.05) is 12.3 Å². The summed E-state index contributed by atoms with van der Waals surface area (Å²) in [6, 6.07) is 6.86. The molecule has 1 nitrogen and oxygen atoms in total. The quantitative estimate of drug-likeness (QED) is 0.705. The second kappa shape index (κ2) is 7.06. The monoisotopic (exact) mass is 274 g/mol. The van der Waals surface area contributed by atoms with Crippen molar-refractivity contribution in [3.8, 4) is 0 Å². The van der Waals surface area contributed by atoms with Gasteiger partial charge in [0.2, 0.25) is 0 Å². The predicted octanol–water partition coefficient (Wildman–Crippen LogP) is 5.09. The van der Waals surface area contributed by atoms with Crippen LogP contribution in [-0.2, 0) is 23.1 Å². The summed E-state index contributed by atoms with van der Waals surface area (Å²) < 4.78 is 0. The summed E-state index contributed by atoms with van der Waals surface area (Å²) in [6.45, 7) is 12.9. The molecule has 0 amide bonds. The molecule has 0 aromatic heterocycles. The largest absolute Gasteiger partial charge is 0.299 e. The molecule has 0 heterocycles. The summed E-state index contributed by atoms with van der Waals surface area (Å²) in [5.74, 6) is 0.552. The molecule has 0 aliphatic heterocycles. The molecule has 0 spiro atoms. The second-order valence-corrected chi connectivity index (χ2v) is 7.06. The van der Waals surface area contributed by atoms with Crippen molar-refractivity contribution >= 4 is 5.78 Å². The van der Waals surface area contributed by atoms with E-state index in [0.717, 1.165) is 19.3 Å². The van der Waals surface area contributed by atoms with Crippen molar-refractivity contribution in [2.45, 2.75) is 72.6 Å². The Morgan fingerprint density at radius 2 is 1.80 bits per heavy atom. The molecule has 0 saturated carbocycles. The SMILES string of the molecule is CCc1ccc(C(C)(C)C)cc1CCCC(=O)C(C)C. The lowest BCUT2D eigenvalue weighted by molar-refractivity contribution is -0.121. The summed E-state index contributed by atoms with van der Waals surface area (Å²) in [4.78, 5) is 11.7. The van der Waals surface area contributed by atoms with Gasteiger partial charge >= 0.3 is 0 Å². The second-order valence-electron chi connectivity index (χ2n) is 7.06. The van der Waals surface area contributed by atoms with Crippen LogP contribution in [0.25, 0.3) is 0 Å². The standard InChI is InChI=1S/C19H30O/c1-7-15-11-12-17(19(4,5)6)13-16(15)9-8-10-18(20)14(2)3/h11-14H,7-10H2,1-6H3. The highest BCUT2D eigenvalue weighted by Crippen LogP contribution is 2.26. The zero-order chi connectivity index (χ0) is 15.3. The van der Waals surface area contributed by atoms with E-state index in [1.165, 1.54) is 16.7 Å². The van der Waals surface area contributed by atoms with Gasteiger partial charge in [0.1, 0.15) is 5.78 Å². The molecule has 0 atom stereocenters. The minimum Gasteiger partial charge on any atom is -0.299 e. The van der Waals surface area contributed by atoms with E-state index in [1.54, 1.807) is 0 Å². The average molecular weight is 274 g/mol. The topological polar surface area (TPSA) is 17.1 Å². The normalized spacial score (nSPS) is 11.9. The summed E-state index contributed by atoms with van der Waals surface area (Å²) >= 11 is 0. The first kappa shape index (κ1) is 16.9. The van der Waals surface area contributed by atoms with Crippen LogP contribution in [0.3, 0.4) is 0 Å². The molecule has 0 radical (unpaired) electrons. The smallest absolute Gasteiger partial charge is 0.135 e. The van der Waals surface area contributed by atoms with Gasteiger partial charge in [-0.2, -0.15) is 0 Å². The van der Waals surface area contributed by atoms with E-state index in [2.05, 4.69) is 45.9 Å². The molecular formula is C19H30O. The average Bonchev–Trinajstić information content (AvgIpc) is 2.37. The fourth-order valence-corrected chi connectivity index (χ4v) is 2.41. The Balaban J connectivity index is 2.79. The summed E-state index contributed by atoms with van der Waals surface area (Å²) in [5, 5.41) is 0. The van der Waals surface area contributed by atoms with Crippen LogP contribution in [-0.4, -0.2) is 5.78 Å². The number of ketones is 1. The number of carbonyl (C=O) groups is 1. The van der Waals surface area contributed by atoms with Gasteiger partial charge in [-0.05, 0) is 41.4 Å². The maximum atomic E-state index is 11.7. The van der Waals surface area contributed by atoms with Crippen molar-refractivity contribution in [2.24, 2.45) is 5.92 Å². The van der Waals surface area contributed by atoms with E-state index >= 15 is 0 Å². The number of benzene rings is 1. The summed E-state index contributed by atoms with van der Waals surface area (Å²) in [6.07, 6.45) is 3.77. The van der Waals surface area contributed by atoms with E-state index in [1.807, 2.05) is 13.8 Å². The molecule has 20 heavy (non-hydrogen) atoms. The lowest BCUT2D eigenvalue weighted by atomic mass is 9.84. The molecule has 0 N–H and O–H groups in total. The Morgan fingerprint density at radius 3 is 2.30 bits per heavy atom. The van der Waals surface area contributed by atoms with Crippen LogP contribution in [0.1, 0.15) is 71.1 Å². The van der Waals surface area contributed by atoms with E-state index in [0.29, 0.717) is 12.2 Å². The number of hydrogen-bond acceptors (Lipinski definition) is 1. The fraction of sp³-hybridized carbons (Fsp3) is 0.632. The van der Waals surface area contributed by atoms with Crippen molar-refractivity contribution < 1.29 is 4.79 Å². The first-order valence-corrected chi connectivity index (χ1v) is 7.90. The molecule has 112 valence electrons. The third-order valence-corrected chi connectivity index (χ3v) is 3.97. The Bertz CT molecular complexity index is 449. The van der Waals surface area contributed by atoms with E-state index in [4.69, 9.17) is 0 Å². The van der Waals surface area contributed by atoms with Gasteiger partial charge in [-0.1, -0.05) is 59.7 Å².